The minimum absolute atomic E-state index is 0.559. The number of furan rings is 1. The van der Waals surface area contributed by atoms with Crippen LogP contribution in [0.3, 0.4) is 0 Å². The maximum atomic E-state index is 8.71. The van der Waals surface area contributed by atoms with E-state index in [1.54, 1.807) is 18.4 Å². The number of halogens is 1. The van der Waals surface area contributed by atoms with Crippen molar-refractivity contribution in [2.75, 3.05) is 11.9 Å². The minimum Gasteiger partial charge on any atom is -0.469 e. The molecule has 0 atom stereocenters. The molecule has 1 aromatic carbocycles. The first-order valence-corrected chi connectivity index (χ1v) is 5.63. The van der Waals surface area contributed by atoms with Crippen LogP contribution in [0.25, 0.3) is 0 Å². The van der Waals surface area contributed by atoms with Crippen LogP contribution in [0.1, 0.15) is 11.3 Å². The molecule has 0 amide bonds. The molecular formula is C13H11ClN2O. The van der Waals surface area contributed by atoms with Gasteiger partial charge in [-0.25, -0.2) is 0 Å². The Hall–Kier alpha value is -1.92. The van der Waals surface area contributed by atoms with Gasteiger partial charge in [-0.15, -0.1) is 0 Å². The Bertz CT molecular complexity index is 529. The second kappa shape index (κ2) is 5.42. The maximum absolute atomic E-state index is 8.71. The number of nitrogens with one attached hydrogen (secondary N) is 1. The zero-order valence-electron chi connectivity index (χ0n) is 9.11. The van der Waals surface area contributed by atoms with Gasteiger partial charge in [0.15, 0.2) is 0 Å². The predicted molar refractivity (Wildman–Crippen MR) is 67.1 cm³/mol. The third-order valence-corrected chi connectivity index (χ3v) is 2.68. The highest BCUT2D eigenvalue weighted by Crippen LogP contribution is 2.22. The summed E-state index contributed by atoms with van der Waals surface area (Å²) in [7, 11) is 0. The largest absolute Gasteiger partial charge is 0.469 e. The van der Waals surface area contributed by atoms with E-state index in [0.29, 0.717) is 10.6 Å². The molecule has 1 N–H and O–H groups in total. The van der Waals surface area contributed by atoms with Gasteiger partial charge in [-0.2, -0.15) is 5.26 Å². The van der Waals surface area contributed by atoms with Crippen LogP contribution in [-0.2, 0) is 6.42 Å². The number of benzene rings is 1. The van der Waals surface area contributed by atoms with Crippen molar-refractivity contribution < 1.29 is 4.42 Å². The smallest absolute Gasteiger partial charge is 0.105 e. The van der Waals surface area contributed by atoms with E-state index in [1.807, 2.05) is 24.3 Å². The molecule has 0 fully saturated rings. The average molecular weight is 247 g/mol. The molecule has 0 aliphatic carbocycles. The van der Waals surface area contributed by atoms with Gasteiger partial charge in [-0.3, -0.25) is 0 Å². The van der Waals surface area contributed by atoms with Crippen LogP contribution in [0.4, 0.5) is 5.69 Å². The van der Waals surface area contributed by atoms with Crippen LogP contribution in [0.15, 0.2) is 41.0 Å². The Kier molecular flexibility index (Phi) is 3.69. The number of hydrogen-bond acceptors (Lipinski definition) is 3. The quantitative estimate of drug-likeness (QED) is 0.899. The number of hydrogen-bond donors (Lipinski definition) is 1. The Morgan fingerprint density at radius 3 is 2.88 bits per heavy atom. The first kappa shape index (κ1) is 11.6. The van der Waals surface area contributed by atoms with E-state index in [-0.39, 0.29) is 0 Å². The summed E-state index contributed by atoms with van der Waals surface area (Å²) in [4.78, 5) is 0. The van der Waals surface area contributed by atoms with E-state index in [9.17, 15) is 0 Å². The molecule has 2 rings (SSSR count). The van der Waals surface area contributed by atoms with Gasteiger partial charge in [0, 0.05) is 13.0 Å². The fourth-order valence-electron chi connectivity index (χ4n) is 1.50. The molecular weight excluding hydrogens is 236 g/mol. The zero-order valence-corrected chi connectivity index (χ0v) is 9.87. The second-order valence-electron chi connectivity index (χ2n) is 3.56. The molecule has 0 saturated carbocycles. The van der Waals surface area contributed by atoms with Gasteiger partial charge in [0.05, 0.1) is 28.6 Å². The Labute approximate surface area is 105 Å². The molecule has 4 heteroatoms. The minimum atomic E-state index is 0.559. The van der Waals surface area contributed by atoms with Crippen molar-refractivity contribution in [3.05, 3.63) is 52.9 Å². The molecule has 0 radical (unpaired) electrons. The summed E-state index contributed by atoms with van der Waals surface area (Å²) in [5.74, 6) is 0.933. The SMILES string of the molecule is N#Cc1ccc(NCCc2ccco2)c(Cl)c1. The molecule has 0 saturated heterocycles. The molecule has 17 heavy (non-hydrogen) atoms. The summed E-state index contributed by atoms with van der Waals surface area (Å²) >= 11 is 6.03. The molecule has 0 aliphatic heterocycles. The monoisotopic (exact) mass is 246 g/mol. The lowest BCUT2D eigenvalue weighted by Crippen LogP contribution is -2.04. The van der Waals surface area contributed by atoms with Crippen molar-refractivity contribution in [2.45, 2.75) is 6.42 Å². The number of nitriles is 1. The van der Waals surface area contributed by atoms with Gasteiger partial charge in [0.25, 0.3) is 0 Å². The normalized spacial score (nSPS) is 9.88. The van der Waals surface area contributed by atoms with Crippen molar-refractivity contribution in [3.8, 4) is 6.07 Å². The van der Waals surface area contributed by atoms with Crippen molar-refractivity contribution in [1.29, 1.82) is 5.26 Å². The molecule has 0 bridgehead atoms. The highest BCUT2D eigenvalue weighted by molar-refractivity contribution is 6.33. The van der Waals surface area contributed by atoms with Gasteiger partial charge in [-0.1, -0.05) is 11.6 Å². The molecule has 1 aromatic heterocycles. The fraction of sp³-hybridized carbons (Fsp3) is 0.154. The number of anilines is 1. The van der Waals surface area contributed by atoms with E-state index >= 15 is 0 Å². The van der Waals surface area contributed by atoms with Gasteiger partial charge < -0.3 is 9.73 Å². The molecule has 0 unspecified atom stereocenters. The van der Waals surface area contributed by atoms with E-state index in [2.05, 4.69) is 5.32 Å². The summed E-state index contributed by atoms with van der Waals surface area (Å²) in [5.41, 5.74) is 1.39. The van der Waals surface area contributed by atoms with Gasteiger partial charge >= 0.3 is 0 Å². The average Bonchev–Trinajstić information content (AvgIpc) is 2.84. The molecule has 86 valence electrons. The topological polar surface area (TPSA) is 49.0 Å². The highest BCUT2D eigenvalue weighted by Gasteiger charge is 2.01. The van der Waals surface area contributed by atoms with Crippen LogP contribution >= 0.6 is 11.6 Å². The van der Waals surface area contributed by atoms with Crippen LogP contribution in [0.2, 0.25) is 5.02 Å². The van der Waals surface area contributed by atoms with Gasteiger partial charge in [-0.05, 0) is 30.3 Å². The van der Waals surface area contributed by atoms with Crippen molar-refractivity contribution in [3.63, 3.8) is 0 Å². The molecule has 2 aromatic rings. The Morgan fingerprint density at radius 2 is 2.24 bits per heavy atom. The Morgan fingerprint density at radius 1 is 1.35 bits per heavy atom. The van der Waals surface area contributed by atoms with Crippen molar-refractivity contribution >= 4 is 17.3 Å². The molecule has 0 spiro atoms. The third kappa shape index (κ3) is 3.02. The van der Waals surface area contributed by atoms with Crippen LogP contribution in [0.5, 0.6) is 0 Å². The highest BCUT2D eigenvalue weighted by atomic mass is 35.5. The van der Waals surface area contributed by atoms with Crippen molar-refractivity contribution in [2.24, 2.45) is 0 Å². The molecule has 3 nitrogen and oxygen atoms in total. The van der Waals surface area contributed by atoms with E-state index in [1.165, 1.54) is 0 Å². The predicted octanol–water partition coefficient (Wildman–Crippen LogP) is 3.46. The fourth-order valence-corrected chi connectivity index (χ4v) is 1.75. The van der Waals surface area contributed by atoms with Crippen LogP contribution in [0, 0.1) is 11.3 Å². The van der Waals surface area contributed by atoms with Gasteiger partial charge in [0.2, 0.25) is 0 Å². The zero-order chi connectivity index (χ0) is 12.1. The van der Waals surface area contributed by atoms with Crippen molar-refractivity contribution in [1.82, 2.24) is 0 Å². The lowest BCUT2D eigenvalue weighted by Gasteiger charge is -2.07. The summed E-state index contributed by atoms with van der Waals surface area (Å²) in [6, 6.07) is 11.0. The van der Waals surface area contributed by atoms with Gasteiger partial charge in [0.1, 0.15) is 5.76 Å². The van der Waals surface area contributed by atoms with Crippen LogP contribution < -0.4 is 5.32 Å². The van der Waals surface area contributed by atoms with E-state index in [4.69, 9.17) is 21.3 Å². The molecule has 1 heterocycles. The summed E-state index contributed by atoms with van der Waals surface area (Å²) in [6.45, 7) is 0.735. The summed E-state index contributed by atoms with van der Waals surface area (Å²) in [5, 5.41) is 12.5. The summed E-state index contributed by atoms with van der Waals surface area (Å²) < 4.78 is 5.22. The lowest BCUT2D eigenvalue weighted by molar-refractivity contribution is 0.513. The first-order valence-electron chi connectivity index (χ1n) is 5.25. The Balaban J connectivity index is 1.93. The van der Waals surface area contributed by atoms with Crippen LogP contribution in [-0.4, -0.2) is 6.54 Å². The maximum Gasteiger partial charge on any atom is 0.105 e. The van der Waals surface area contributed by atoms with E-state index < -0.39 is 0 Å². The molecule has 0 aliphatic rings. The third-order valence-electron chi connectivity index (χ3n) is 2.37. The first-order chi connectivity index (χ1) is 8.29. The van der Waals surface area contributed by atoms with E-state index in [0.717, 1.165) is 24.4 Å². The lowest BCUT2D eigenvalue weighted by atomic mass is 10.2. The standard InChI is InChI=1S/C13H11ClN2O/c14-12-8-10(9-15)3-4-13(12)16-6-5-11-2-1-7-17-11/h1-4,7-8,16H,5-6H2. The second-order valence-corrected chi connectivity index (χ2v) is 3.97. The number of rotatable bonds is 4. The summed E-state index contributed by atoms with van der Waals surface area (Å²) in [6.07, 6.45) is 2.45. The number of nitrogens with zero attached hydrogens (tertiary/aromatic N) is 1.